The normalized spacial score (nSPS) is 14.3. The van der Waals surface area contributed by atoms with Crippen LogP contribution in [0, 0.1) is 11.3 Å². The van der Waals surface area contributed by atoms with E-state index in [9.17, 15) is 23.4 Å². The van der Waals surface area contributed by atoms with Crippen LogP contribution in [0.5, 0.6) is 0 Å². The molecule has 1 amide bonds. The van der Waals surface area contributed by atoms with Crippen LogP contribution in [0.3, 0.4) is 0 Å². The Morgan fingerprint density at radius 3 is 2.65 bits per heavy atom. The maximum absolute atomic E-state index is 12.7. The molecular weight excluding hydrogens is 440 g/mol. The van der Waals surface area contributed by atoms with Crippen molar-refractivity contribution in [2.75, 3.05) is 10.5 Å². The molecule has 1 aromatic heterocycles. The summed E-state index contributed by atoms with van der Waals surface area (Å²) < 4.78 is 25.6. The molecule has 2 aromatic rings. The summed E-state index contributed by atoms with van der Waals surface area (Å²) >= 11 is 0.975. The second-order valence-electron chi connectivity index (χ2n) is 6.92. The zero-order valence-electron chi connectivity index (χ0n) is 17.1. The number of unbranched alkanes of at least 4 members (excludes halogenated alkanes) is 1. The molecule has 2 rings (SSSR count). The summed E-state index contributed by atoms with van der Waals surface area (Å²) in [5, 5.41) is 33.8. The minimum absolute atomic E-state index is 0.00281. The first-order valence-electron chi connectivity index (χ1n) is 9.79. The molecule has 3 unspecified atom stereocenters. The monoisotopic (exact) mass is 466 g/mol. The SMILES string of the molecule is CCS(=O)(=O)Nc1nc(C(=O)NC(Cc2ccccc2)C(O)C(O)CCCC#N)cs1. The van der Waals surface area contributed by atoms with Crippen LogP contribution >= 0.6 is 11.3 Å². The minimum atomic E-state index is -3.51. The molecule has 0 bridgehead atoms. The van der Waals surface area contributed by atoms with E-state index in [1.54, 1.807) is 0 Å². The van der Waals surface area contributed by atoms with E-state index >= 15 is 0 Å². The van der Waals surface area contributed by atoms with Gasteiger partial charge in [-0.25, -0.2) is 13.4 Å². The summed E-state index contributed by atoms with van der Waals surface area (Å²) in [4.78, 5) is 16.7. The first kappa shape index (κ1) is 24.7. The quantitative estimate of drug-likeness (QED) is 0.347. The van der Waals surface area contributed by atoms with Crippen LogP contribution in [-0.2, 0) is 16.4 Å². The first-order chi connectivity index (χ1) is 14.8. The Labute approximate surface area is 185 Å². The number of benzene rings is 1. The lowest BCUT2D eigenvalue weighted by atomic mass is 9.95. The Morgan fingerprint density at radius 2 is 2.00 bits per heavy atom. The van der Waals surface area contributed by atoms with E-state index in [1.165, 1.54) is 12.3 Å². The minimum Gasteiger partial charge on any atom is -0.390 e. The van der Waals surface area contributed by atoms with Gasteiger partial charge in [0.25, 0.3) is 5.91 Å². The van der Waals surface area contributed by atoms with Crippen molar-refractivity contribution in [2.45, 2.75) is 50.9 Å². The van der Waals surface area contributed by atoms with Crippen molar-refractivity contribution in [1.82, 2.24) is 10.3 Å². The average Bonchev–Trinajstić information content (AvgIpc) is 3.21. The van der Waals surface area contributed by atoms with E-state index in [-0.39, 0.29) is 35.8 Å². The van der Waals surface area contributed by atoms with Crippen molar-refractivity contribution in [3.63, 3.8) is 0 Å². The number of sulfonamides is 1. The average molecular weight is 467 g/mol. The number of amides is 1. The highest BCUT2D eigenvalue weighted by atomic mass is 32.2. The molecule has 4 N–H and O–H groups in total. The van der Waals surface area contributed by atoms with E-state index in [2.05, 4.69) is 15.0 Å². The molecule has 0 radical (unpaired) electrons. The molecule has 11 heteroatoms. The summed E-state index contributed by atoms with van der Waals surface area (Å²) in [6.45, 7) is 1.49. The molecule has 0 fully saturated rings. The smallest absolute Gasteiger partial charge is 0.271 e. The van der Waals surface area contributed by atoms with Gasteiger partial charge >= 0.3 is 0 Å². The molecule has 1 heterocycles. The second kappa shape index (κ2) is 11.8. The van der Waals surface area contributed by atoms with Crippen LogP contribution in [0.2, 0.25) is 0 Å². The summed E-state index contributed by atoms with van der Waals surface area (Å²) in [6, 6.07) is 10.4. The van der Waals surface area contributed by atoms with Gasteiger partial charge in [-0.1, -0.05) is 30.3 Å². The summed E-state index contributed by atoms with van der Waals surface area (Å²) in [6.07, 6.45) is -1.22. The zero-order valence-corrected chi connectivity index (χ0v) is 18.7. The number of hydrogen-bond donors (Lipinski definition) is 4. The number of carbonyl (C=O) groups is 1. The first-order valence-corrected chi connectivity index (χ1v) is 12.3. The van der Waals surface area contributed by atoms with E-state index in [1.807, 2.05) is 36.4 Å². The van der Waals surface area contributed by atoms with Crippen LogP contribution in [0.25, 0.3) is 0 Å². The molecule has 0 spiro atoms. The topological polar surface area (TPSA) is 152 Å². The van der Waals surface area contributed by atoms with Crippen LogP contribution in [-0.4, -0.2) is 53.5 Å². The second-order valence-corrected chi connectivity index (χ2v) is 9.79. The molecular formula is C20H26N4O5S2. The number of nitrogens with zero attached hydrogens (tertiary/aromatic N) is 2. The number of aliphatic hydroxyl groups excluding tert-OH is 2. The third-order valence-corrected chi connectivity index (χ3v) is 6.72. The Hall–Kier alpha value is -2.52. The molecule has 31 heavy (non-hydrogen) atoms. The number of rotatable bonds is 12. The molecule has 168 valence electrons. The van der Waals surface area contributed by atoms with Gasteiger partial charge in [0.05, 0.1) is 24.0 Å². The highest BCUT2D eigenvalue weighted by Crippen LogP contribution is 2.18. The predicted molar refractivity (Wildman–Crippen MR) is 118 cm³/mol. The van der Waals surface area contributed by atoms with Crippen LogP contribution in [0.4, 0.5) is 5.13 Å². The Kier molecular flexibility index (Phi) is 9.39. The molecule has 0 saturated carbocycles. The largest absolute Gasteiger partial charge is 0.390 e. The van der Waals surface area contributed by atoms with Crippen LogP contribution < -0.4 is 10.0 Å². The number of hydrogen-bond acceptors (Lipinski definition) is 8. The molecule has 3 atom stereocenters. The van der Waals surface area contributed by atoms with Crippen molar-refractivity contribution in [3.05, 3.63) is 47.0 Å². The van der Waals surface area contributed by atoms with Gasteiger partial charge in [0.15, 0.2) is 5.13 Å². The van der Waals surface area contributed by atoms with Gasteiger partial charge in [0.1, 0.15) is 11.8 Å². The number of aliphatic hydroxyl groups is 2. The number of aromatic nitrogens is 1. The standard InChI is InChI=1S/C20H26N4O5S2/c1-2-31(28,29)24-20-23-16(13-30-20)19(27)22-15(12-14-8-4-3-5-9-14)18(26)17(25)10-6-7-11-21/h3-5,8-9,13,15,17-18,25-26H,2,6-7,10,12H2,1H3,(H,22,27)(H,23,24). The van der Waals surface area contributed by atoms with Gasteiger partial charge in [-0.3, -0.25) is 9.52 Å². The third kappa shape index (κ3) is 7.91. The fraction of sp³-hybridized carbons (Fsp3) is 0.450. The van der Waals surface area contributed by atoms with Crippen molar-refractivity contribution in [3.8, 4) is 6.07 Å². The number of nitriles is 1. The van der Waals surface area contributed by atoms with Crippen molar-refractivity contribution >= 4 is 32.4 Å². The zero-order chi connectivity index (χ0) is 22.9. The lowest BCUT2D eigenvalue weighted by Gasteiger charge is -2.27. The summed E-state index contributed by atoms with van der Waals surface area (Å²) in [7, 11) is -3.51. The number of carbonyl (C=O) groups excluding carboxylic acids is 1. The van der Waals surface area contributed by atoms with Gasteiger partial charge in [-0.05, 0) is 31.7 Å². The van der Waals surface area contributed by atoms with E-state index in [0.29, 0.717) is 6.42 Å². The summed E-state index contributed by atoms with van der Waals surface area (Å²) in [5.74, 6) is -0.717. The Balaban J connectivity index is 2.13. The highest BCUT2D eigenvalue weighted by molar-refractivity contribution is 7.92. The number of thiazole rings is 1. The fourth-order valence-electron chi connectivity index (χ4n) is 2.83. The molecule has 9 nitrogen and oxygen atoms in total. The van der Waals surface area contributed by atoms with Gasteiger partial charge in [-0.15, -0.1) is 11.3 Å². The molecule has 0 saturated heterocycles. The maximum atomic E-state index is 12.7. The lowest BCUT2D eigenvalue weighted by molar-refractivity contribution is -0.00791. The molecule has 0 aliphatic rings. The fourth-order valence-corrected chi connectivity index (χ4v) is 4.39. The van der Waals surface area contributed by atoms with E-state index < -0.39 is 34.2 Å². The molecule has 0 aliphatic carbocycles. The van der Waals surface area contributed by atoms with Crippen molar-refractivity contribution in [1.29, 1.82) is 5.26 Å². The van der Waals surface area contributed by atoms with Gasteiger partial charge in [-0.2, -0.15) is 5.26 Å². The van der Waals surface area contributed by atoms with Gasteiger partial charge in [0, 0.05) is 11.8 Å². The third-order valence-electron chi connectivity index (χ3n) is 4.57. The maximum Gasteiger partial charge on any atom is 0.271 e. The van der Waals surface area contributed by atoms with Gasteiger partial charge < -0.3 is 15.5 Å². The predicted octanol–water partition coefficient (Wildman–Crippen LogP) is 1.66. The number of anilines is 1. The lowest BCUT2D eigenvalue weighted by Crippen LogP contribution is -2.49. The Morgan fingerprint density at radius 1 is 1.29 bits per heavy atom. The molecule has 0 aliphatic heterocycles. The van der Waals surface area contributed by atoms with Crippen molar-refractivity contribution in [2.24, 2.45) is 0 Å². The Bertz CT molecular complexity index is 988. The molecule has 1 aromatic carbocycles. The highest BCUT2D eigenvalue weighted by Gasteiger charge is 2.29. The van der Waals surface area contributed by atoms with Gasteiger partial charge in [0.2, 0.25) is 10.0 Å². The number of nitrogens with one attached hydrogen (secondary N) is 2. The van der Waals surface area contributed by atoms with E-state index in [0.717, 1.165) is 16.9 Å². The van der Waals surface area contributed by atoms with Crippen LogP contribution in [0.1, 0.15) is 42.2 Å². The van der Waals surface area contributed by atoms with Crippen molar-refractivity contribution < 1.29 is 23.4 Å². The van der Waals surface area contributed by atoms with E-state index in [4.69, 9.17) is 5.26 Å². The summed E-state index contributed by atoms with van der Waals surface area (Å²) in [5.41, 5.74) is 0.855. The van der Waals surface area contributed by atoms with Crippen LogP contribution in [0.15, 0.2) is 35.7 Å².